The highest BCUT2D eigenvalue weighted by Gasteiger charge is 2.36. The number of hydrogen-bond donors (Lipinski definition) is 1. The number of benzene rings is 2. The molecule has 0 bridgehead atoms. The molecule has 0 aliphatic heterocycles. The number of aliphatic hydroxyl groups is 1. The molecule has 2 aromatic carbocycles. The largest absolute Gasteiger partial charge is 0.385 e. The van der Waals surface area contributed by atoms with E-state index in [1.165, 1.54) is 47.1 Å². The van der Waals surface area contributed by atoms with Crippen LogP contribution in [0.15, 0.2) is 36.4 Å². The van der Waals surface area contributed by atoms with E-state index in [1.54, 1.807) is 0 Å². The number of rotatable bonds is 2. The van der Waals surface area contributed by atoms with Gasteiger partial charge in [0.05, 0.1) is 5.60 Å². The molecule has 0 aromatic heterocycles. The Bertz CT molecular complexity index is 701. The zero-order chi connectivity index (χ0) is 14.4. The molecule has 0 radical (unpaired) electrons. The van der Waals surface area contributed by atoms with E-state index in [9.17, 15) is 5.11 Å². The van der Waals surface area contributed by atoms with Crippen LogP contribution < -0.4 is 0 Å². The van der Waals surface area contributed by atoms with Gasteiger partial charge in [-0.05, 0) is 66.8 Å². The Hall–Kier alpha value is -1.60. The van der Waals surface area contributed by atoms with Crippen molar-refractivity contribution < 1.29 is 5.11 Å². The van der Waals surface area contributed by atoms with Crippen molar-refractivity contribution in [2.24, 2.45) is 0 Å². The third kappa shape index (κ3) is 2.20. The van der Waals surface area contributed by atoms with Gasteiger partial charge in [-0.3, -0.25) is 0 Å². The van der Waals surface area contributed by atoms with Gasteiger partial charge in [-0.2, -0.15) is 0 Å². The van der Waals surface area contributed by atoms with Crippen molar-refractivity contribution in [3.63, 3.8) is 0 Å². The van der Waals surface area contributed by atoms with Crippen molar-refractivity contribution in [1.29, 1.82) is 0 Å². The lowest BCUT2D eigenvalue weighted by atomic mass is 9.87. The second-order valence-electron chi connectivity index (χ2n) is 6.83. The predicted molar refractivity (Wildman–Crippen MR) is 85.6 cm³/mol. The minimum absolute atomic E-state index is 0.672. The summed E-state index contributed by atoms with van der Waals surface area (Å²) in [4.78, 5) is 0. The van der Waals surface area contributed by atoms with E-state index in [-0.39, 0.29) is 0 Å². The monoisotopic (exact) mass is 278 g/mol. The predicted octanol–water partition coefficient (Wildman–Crippen LogP) is 3.86. The van der Waals surface area contributed by atoms with Crippen LogP contribution in [0.25, 0.3) is 0 Å². The highest BCUT2D eigenvalue weighted by molar-refractivity contribution is 5.42. The van der Waals surface area contributed by atoms with E-state index in [4.69, 9.17) is 0 Å². The summed E-state index contributed by atoms with van der Waals surface area (Å²) in [7, 11) is 0. The van der Waals surface area contributed by atoms with Gasteiger partial charge in [-0.25, -0.2) is 0 Å². The molecule has 0 fully saturated rings. The highest BCUT2D eigenvalue weighted by atomic mass is 16.3. The van der Waals surface area contributed by atoms with Gasteiger partial charge < -0.3 is 5.11 Å². The molecule has 2 aromatic rings. The first-order valence-electron chi connectivity index (χ1n) is 8.07. The Balaban J connectivity index is 1.67. The third-order valence-electron chi connectivity index (χ3n) is 5.23. The SMILES string of the molecule is Cc1ccc2c(c1)C(O)(Cc1ccc3c(c1)CCC3)CC2. The lowest BCUT2D eigenvalue weighted by Gasteiger charge is -2.25. The molecule has 1 nitrogen and oxygen atoms in total. The van der Waals surface area contributed by atoms with Crippen molar-refractivity contribution in [3.8, 4) is 0 Å². The normalized spacial score (nSPS) is 23.1. The van der Waals surface area contributed by atoms with Gasteiger partial charge in [0.15, 0.2) is 0 Å². The molecule has 0 spiro atoms. The maximum atomic E-state index is 11.2. The van der Waals surface area contributed by atoms with Crippen LogP contribution in [-0.4, -0.2) is 5.11 Å². The molecule has 4 rings (SSSR count). The van der Waals surface area contributed by atoms with E-state index in [0.717, 1.165) is 24.8 Å². The Morgan fingerprint density at radius 1 is 0.952 bits per heavy atom. The van der Waals surface area contributed by atoms with E-state index < -0.39 is 5.60 Å². The molecule has 1 N–H and O–H groups in total. The van der Waals surface area contributed by atoms with Crippen molar-refractivity contribution in [2.75, 3.05) is 0 Å². The van der Waals surface area contributed by atoms with Crippen LogP contribution in [0.5, 0.6) is 0 Å². The van der Waals surface area contributed by atoms with Gasteiger partial charge >= 0.3 is 0 Å². The van der Waals surface area contributed by atoms with Crippen molar-refractivity contribution in [2.45, 2.75) is 51.0 Å². The summed E-state index contributed by atoms with van der Waals surface area (Å²) >= 11 is 0. The zero-order valence-corrected chi connectivity index (χ0v) is 12.7. The Morgan fingerprint density at radius 2 is 1.76 bits per heavy atom. The van der Waals surface area contributed by atoms with Gasteiger partial charge in [0, 0.05) is 6.42 Å². The van der Waals surface area contributed by atoms with Crippen LogP contribution in [0, 0.1) is 6.92 Å². The number of hydrogen-bond acceptors (Lipinski definition) is 1. The van der Waals surface area contributed by atoms with E-state index >= 15 is 0 Å². The molecular formula is C20H22O. The maximum absolute atomic E-state index is 11.2. The molecule has 0 heterocycles. The minimum Gasteiger partial charge on any atom is -0.385 e. The Labute approximate surface area is 126 Å². The van der Waals surface area contributed by atoms with Gasteiger partial charge in [0.2, 0.25) is 0 Å². The topological polar surface area (TPSA) is 20.2 Å². The zero-order valence-electron chi connectivity index (χ0n) is 12.7. The fraction of sp³-hybridized carbons (Fsp3) is 0.400. The van der Waals surface area contributed by atoms with Crippen molar-refractivity contribution in [1.82, 2.24) is 0 Å². The summed E-state index contributed by atoms with van der Waals surface area (Å²) in [6, 6.07) is 13.3. The van der Waals surface area contributed by atoms with E-state index in [2.05, 4.69) is 43.3 Å². The average molecular weight is 278 g/mol. The second kappa shape index (κ2) is 4.71. The first-order chi connectivity index (χ1) is 10.1. The summed E-state index contributed by atoms with van der Waals surface area (Å²) < 4.78 is 0. The van der Waals surface area contributed by atoms with Gasteiger partial charge in [0.1, 0.15) is 0 Å². The molecule has 1 unspecified atom stereocenters. The van der Waals surface area contributed by atoms with Crippen LogP contribution >= 0.6 is 0 Å². The fourth-order valence-corrected chi connectivity index (χ4v) is 4.07. The Morgan fingerprint density at radius 3 is 2.67 bits per heavy atom. The molecule has 2 aliphatic rings. The van der Waals surface area contributed by atoms with Crippen molar-refractivity contribution >= 4 is 0 Å². The molecule has 21 heavy (non-hydrogen) atoms. The minimum atomic E-state index is -0.672. The highest BCUT2D eigenvalue weighted by Crippen LogP contribution is 2.40. The van der Waals surface area contributed by atoms with Crippen LogP contribution in [0.1, 0.15) is 46.2 Å². The summed E-state index contributed by atoms with van der Waals surface area (Å²) in [6.07, 6.45) is 6.31. The van der Waals surface area contributed by atoms with Gasteiger partial charge in [-0.15, -0.1) is 0 Å². The maximum Gasteiger partial charge on any atom is 0.0942 e. The fourth-order valence-electron chi connectivity index (χ4n) is 4.07. The molecule has 1 heteroatoms. The third-order valence-corrected chi connectivity index (χ3v) is 5.23. The quantitative estimate of drug-likeness (QED) is 0.884. The molecule has 2 aliphatic carbocycles. The number of fused-ring (bicyclic) bond motifs is 2. The molecule has 108 valence electrons. The molecule has 1 atom stereocenters. The smallest absolute Gasteiger partial charge is 0.0942 e. The summed E-state index contributed by atoms with van der Waals surface area (Å²) in [6.45, 7) is 2.11. The van der Waals surface area contributed by atoms with Gasteiger partial charge in [0.25, 0.3) is 0 Å². The average Bonchev–Trinajstić information content (AvgIpc) is 3.04. The lowest BCUT2D eigenvalue weighted by molar-refractivity contribution is 0.0389. The van der Waals surface area contributed by atoms with Gasteiger partial charge in [-0.1, -0.05) is 42.0 Å². The summed E-state index contributed by atoms with van der Waals surface area (Å²) in [5, 5.41) is 11.2. The van der Waals surface area contributed by atoms with Crippen LogP contribution in [0.3, 0.4) is 0 Å². The number of aryl methyl sites for hydroxylation is 4. The Kier molecular flexibility index (Phi) is 2.93. The molecule has 0 saturated carbocycles. The molecule has 0 saturated heterocycles. The van der Waals surface area contributed by atoms with E-state index in [1.807, 2.05) is 0 Å². The lowest BCUT2D eigenvalue weighted by Crippen LogP contribution is -2.25. The first-order valence-corrected chi connectivity index (χ1v) is 8.07. The standard InChI is InChI=1S/C20H22O/c1-14-5-7-17-9-10-20(21,19(17)11-14)13-15-6-8-16-3-2-4-18(16)12-15/h5-8,11-12,21H,2-4,9-10,13H2,1H3. The van der Waals surface area contributed by atoms with Crippen LogP contribution in [0.2, 0.25) is 0 Å². The molecule has 0 amide bonds. The summed E-state index contributed by atoms with van der Waals surface area (Å²) in [5.74, 6) is 0. The van der Waals surface area contributed by atoms with E-state index in [0.29, 0.717) is 0 Å². The second-order valence-corrected chi connectivity index (χ2v) is 6.83. The van der Waals surface area contributed by atoms with Crippen LogP contribution in [0.4, 0.5) is 0 Å². The summed E-state index contributed by atoms with van der Waals surface area (Å²) in [5.41, 5.74) is 7.34. The first kappa shape index (κ1) is 13.1. The van der Waals surface area contributed by atoms with Crippen molar-refractivity contribution in [3.05, 3.63) is 69.8 Å². The molecular weight excluding hydrogens is 256 g/mol. The van der Waals surface area contributed by atoms with Crippen LogP contribution in [-0.2, 0) is 31.3 Å².